The first-order valence-electron chi connectivity index (χ1n) is 10.5. The maximum atomic E-state index is 12.6. The summed E-state index contributed by atoms with van der Waals surface area (Å²) in [6, 6.07) is 13.2. The molecule has 1 aliphatic carbocycles. The summed E-state index contributed by atoms with van der Waals surface area (Å²) < 4.78 is 24.7. The standard InChI is InChI=1S/C25H28N2O4S/c1-3-15-27(16-4-2)25(29)21-9-11-22(12-10-21)26-24(28)17-19-7-13-23(14-8-19)32(30,31)18-20-5-6-20/h3-4,7-14,20H,1-2,5-6,15-18H2,(H,26,28). The number of carbonyl (C=O) groups is 2. The maximum Gasteiger partial charge on any atom is 0.254 e. The Hall–Kier alpha value is -3.19. The summed E-state index contributed by atoms with van der Waals surface area (Å²) in [6.45, 7) is 8.17. The van der Waals surface area contributed by atoms with Crippen molar-refractivity contribution >= 4 is 27.3 Å². The number of nitrogens with one attached hydrogen (secondary N) is 1. The van der Waals surface area contributed by atoms with Crippen LogP contribution in [-0.2, 0) is 21.1 Å². The summed E-state index contributed by atoms with van der Waals surface area (Å²) in [4.78, 5) is 26.9. The molecule has 2 aromatic carbocycles. The first kappa shape index (κ1) is 23.5. The van der Waals surface area contributed by atoms with E-state index in [2.05, 4.69) is 18.5 Å². The number of hydrogen-bond acceptors (Lipinski definition) is 4. The number of anilines is 1. The first-order chi connectivity index (χ1) is 15.3. The fraction of sp³-hybridized carbons (Fsp3) is 0.280. The van der Waals surface area contributed by atoms with Crippen molar-refractivity contribution in [1.29, 1.82) is 0 Å². The molecule has 0 aliphatic heterocycles. The minimum atomic E-state index is -3.26. The highest BCUT2D eigenvalue weighted by Crippen LogP contribution is 2.32. The third kappa shape index (κ3) is 6.40. The fourth-order valence-electron chi connectivity index (χ4n) is 3.33. The van der Waals surface area contributed by atoms with Gasteiger partial charge in [-0.15, -0.1) is 13.2 Å². The molecule has 32 heavy (non-hydrogen) atoms. The van der Waals surface area contributed by atoms with Gasteiger partial charge in [-0.05, 0) is 60.7 Å². The lowest BCUT2D eigenvalue weighted by Gasteiger charge is -2.19. The van der Waals surface area contributed by atoms with Gasteiger partial charge in [0.15, 0.2) is 9.84 Å². The molecule has 7 heteroatoms. The molecule has 0 spiro atoms. The van der Waals surface area contributed by atoms with Crippen molar-refractivity contribution in [3.05, 3.63) is 85.0 Å². The van der Waals surface area contributed by atoms with Crippen LogP contribution in [0.4, 0.5) is 5.69 Å². The zero-order valence-corrected chi connectivity index (χ0v) is 18.8. The van der Waals surface area contributed by atoms with Gasteiger partial charge in [-0.3, -0.25) is 9.59 Å². The predicted octanol–water partition coefficient (Wildman–Crippen LogP) is 3.87. The molecule has 0 heterocycles. The number of amides is 2. The molecule has 1 fully saturated rings. The minimum Gasteiger partial charge on any atom is -0.331 e. The molecule has 0 atom stereocenters. The second-order valence-electron chi connectivity index (χ2n) is 7.96. The molecule has 0 saturated heterocycles. The van der Waals surface area contributed by atoms with Crippen molar-refractivity contribution in [3.63, 3.8) is 0 Å². The first-order valence-corrected chi connectivity index (χ1v) is 12.2. The van der Waals surface area contributed by atoms with Crippen LogP contribution in [0.2, 0.25) is 0 Å². The van der Waals surface area contributed by atoms with Crippen LogP contribution in [0.25, 0.3) is 0 Å². The highest BCUT2D eigenvalue weighted by molar-refractivity contribution is 7.91. The van der Waals surface area contributed by atoms with E-state index in [1.807, 2.05) is 0 Å². The Bertz CT molecular complexity index is 1080. The average molecular weight is 453 g/mol. The largest absolute Gasteiger partial charge is 0.331 e. The average Bonchev–Trinajstić information content (AvgIpc) is 3.57. The Labute approximate surface area is 189 Å². The van der Waals surface area contributed by atoms with Crippen LogP contribution in [-0.4, -0.2) is 44.0 Å². The summed E-state index contributed by atoms with van der Waals surface area (Å²) in [7, 11) is -3.26. The number of nitrogens with zero attached hydrogens (tertiary/aromatic N) is 1. The Morgan fingerprint density at radius 2 is 1.56 bits per heavy atom. The molecule has 1 aliphatic rings. The molecule has 0 bridgehead atoms. The van der Waals surface area contributed by atoms with E-state index in [4.69, 9.17) is 0 Å². The van der Waals surface area contributed by atoms with Crippen LogP contribution in [0.5, 0.6) is 0 Å². The monoisotopic (exact) mass is 452 g/mol. The van der Waals surface area contributed by atoms with Crippen LogP contribution in [0, 0.1) is 5.92 Å². The number of sulfone groups is 1. The van der Waals surface area contributed by atoms with Gasteiger partial charge in [0.2, 0.25) is 5.91 Å². The van der Waals surface area contributed by atoms with Crippen LogP contribution in [0.15, 0.2) is 78.7 Å². The second kappa shape index (κ2) is 10.4. The van der Waals surface area contributed by atoms with E-state index in [1.54, 1.807) is 65.6 Å². The van der Waals surface area contributed by atoms with Crippen molar-refractivity contribution in [2.45, 2.75) is 24.2 Å². The third-order valence-corrected chi connectivity index (χ3v) is 7.10. The maximum absolute atomic E-state index is 12.6. The van der Waals surface area contributed by atoms with Gasteiger partial charge < -0.3 is 10.2 Å². The molecule has 168 valence electrons. The second-order valence-corrected chi connectivity index (χ2v) is 9.99. The molecule has 1 N–H and O–H groups in total. The third-order valence-electron chi connectivity index (χ3n) is 5.20. The van der Waals surface area contributed by atoms with Gasteiger partial charge in [-0.2, -0.15) is 0 Å². The molecule has 0 aromatic heterocycles. The molecule has 2 amide bonds. The summed E-state index contributed by atoms with van der Waals surface area (Å²) >= 11 is 0. The van der Waals surface area contributed by atoms with Gasteiger partial charge in [-0.25, -0.2) is 8.42 Å². The topological polar surface area (TPSA) is 83.6 Å². The summed E-state index contributed by atoms with van der Waals surface area (Å²) in [5.41, 5.74) is 1.81. The normalized spacial score (nSPS) is 13.2. The van der Waals surface area contributed by atoms with Crippen molar-refractivity contribution in [2.75, 3.05) is 24.2 Å². The molecule has 2 aromatic rings. The van der Waals surface area contributed by atoms with Gasteiger partial charge in [0.05, 0.1) is 17.1 Å². The lowest BCUT2D eigenvalue weighted by molar-refractivity contribution is -0.115. The molecule has 0 radical (unpaired) electrons. The zero-order valence-electron chi connectivity index (χ0n) is 18.0. The minimum absolute atomic E-state index is 0.121. The molecule has 3 rings (SSSR count). The molecular formula is C25H28N2O4S. The zero-order chi connectivity index (χ0) is 23.1. The highest BCUT2D eigenvalue weighted by atomic mass is 32.2. The van der Waals surface area contributed by atoms with E-state index in [1.165, 1.54) is 0 Å². The van der Waals surface area contributed by atoms with Crippen molar-refractivity contribution in [2.24, 2.45) is 5.92 Å². The van der Waals surface area contributed by atoms with E-state index >= 15 is 0 Å². The molecule has 6 nitrogen and oxygen atoms in total. The number of hydrogen-bond donors (Lipinski definition) is 1. The Morgan fingerprint density at radius 1 is 0.969 bits per heavy atom. The van der Waals surface area contributed by atoms with E-state index in [-0.39, 0.29) is 24.0 Å². The highest BCUT2D eigenvalue weighted by Gasteiger charge is 2.29. The Morgan fingerprint density at radius 3 is 2.09 bits per heavy atom. The van der Waals surface area contributed by atoms with Crippen LogP contribution in [0.3, 0.4) is 0 Å². The van der Waals surface area contributed by atoms with E-state index < -0.39 is 9.84 Å². The van der Waals surface area contributed by atoms with Crippen LogP contribution >= 0.6 is 0 Å². The van der Waals surface area contributed by atoms with E-state index in [0.717, 1.165) is 18.4 Å². The lowest BCUT2D eigenvalue weighted by Crippen LogP contribution is -2.31. The number of carbonyl (C=O) groups excluding carboxylic acids is 2. The SMILES string of the molecule is C=CCN(CC=C)C(=O)c1ccc(NC(=O)Cc2ccc(S(=O)(=O)CC3CC3)cc2)cc1. The fourth-order valence-corrected chi connectivity index (χ4v) is 5.02. The number of rotatable bonds is 11. The van der Waals surface area contributed by atoms with E-state index in [0.29, 0.717) is 35.2 Å². The van der Waals surface area contributed by atoms with E-state index in [9.17, 15) is 18.0 Å². The van der Waals surface area contributed by atoms with Crippen molar-refractivity contribution in [1.82, 2.24) is 4.90 Å². The Kier molecular flexibility index (Phi) is 7.64. The van der Waals surface area contributed by atoms with Crippen molar-refractivity contribution in [3.8, 4) is 0 Å². The van der Waals surface area contributed by atoms with Gasteiger partial charge in [-0.1, -0.05) is 24.3 Å². The molecular weight excluding hydrogens is 424 g/mol. The number of benzene rings is 2. The van der Waals surface area contributed by atoms with Crippen LogP contribution in [0.1, 0.15) is 28.8 Å². The van der Waals surface area contributed by atoms with Gasteiger partial charge in [0.1, 0.15) is 0 Å². The van der Waals surface area contributed by atoms with Gasteiger partial charge in [0.25, 0.3) is 5.91 Å². The summed E-state index contributed by atoms with van der Waals surface area (Å²) in [6.07, 6.45) is 5.40. The Balaban J connectivity index is 1.57. The molecule has 0 unspecified atom stereocenters. The van der Waals surface area contributed by atoms with Gasteiger partial charge in [0, 0.05) is 24.3 Å². The lowest BCUT2D eigenvalue weighted by atomic mass is 10.1. The quantitative estimate of drug-likeness (QED) is 0.525. The summed E-state index contributed by atoms with van der Waals surface area (Å²) in [5.74, 6) is 0.126. The van der Waals surface area contributed by atoms with Crippen LogP contribution < -0.4 is 5.32 Å². The smallest absolute Gasteiger partial charge is 0.254 e. The molecule has 1 saturated carbocycles. The predicted molar refractivity (Wildman–Crippen MR) is 126 cm³/mol. The van der Waals surface area contributed by atoms with Gasteiger partial charge >= 0.3 is 0 Å². The summed E-state index contributed by atoms with van der Waals surface area (Å²) in [5, 5.41) is 2.80. The van der Waals surface area contributed by atoms with Crippen molar-refractivity contribution < 1.29 is 18.0 Å².